The van der Waals surface area contributed by atoms with Crippen LogP contribution in [-0.4, -0.2) is 34.6 Å². The van der Waals surface area contributed by atoms with Crippen LogP contribution >= 0.6 is 23.4 Å². The summed E-state index contributed by atoms with van der Waals surface area (Å²) < 4.78 is 13.2. The number of thioether (sulfide) groups is 1. The topological polar surface area (TPSA) is 49.4 Å². The van der Waals surface area contributed by atoms with E-state index in [0.29, 0.717) is 10.8 Å². The van der Waals surface area contributed by atoms with Crippen LogP contribution in [0.25, 0.3) is 0 Å². The third-order valence-corrected chi connectivity index (χ3v) is 5.51. The predicted octanol–water partition coefficient (Wildman–Crippen LogP) is 4.65. The molecule has 1 N–H and O–H groups in total. The highest BCUT2D eigenvalue weighted by Crippen LogP contribution is 2.18. The zero-order chi connectivity index (χ0) is 21.4. The highest BCUT2D eigenvalue weighted by atomic mass is 35.5. The van der Waals surface area contributed by atoms with Gasteiger partial charge in [-0.1, -0.05) is 35.9 Å². The van der Waals surface area contributed by atoms with Gasteiger partial charge in [0.15, 0.2) is 0 Å². The molecule has 0 radical (unpaired) electrons. The average molecular weight is 437 g/mol. The second kappa shape index (κ2) is 11.2. The average Bonchev–Trinajstić information content (AvgIpc) is 2.68. The number of rotatable bonds is 9. The molecule has 7 heteroatoms. The molecule has 0 saturated carbocycles. The fourth-order valence-electron chi connectivity index (χ4n) is 2.69. The molecule has 0 unspecified atom stereocenters. The van der Waals surface area contributed by atoms with Crippen LogP contribution in [-0.2, 0) is 21.9 Å². The number of benzene rings is 2. The van der Waals surface area contributed by atoms with Crippen molar-refractivity contribution in [3.05, 3.63) is 70.5 Å². The molecule has 1 atom stereocenters. The third-order valence-electron chi connectivity index (χ3n) is 4.27. The van der Waals surface area contributed by atoms with Crippen molar-refractivity contribution in [2.75, 3.05) is 5.75 Å². The zero-order valence-electron chi connectivity index (χ0n) is 16.8. The van der Waals surface area contributed by atoms with E-state index in [9.17, 15) is 14.0 Å². The summed E-state index contributed by atoms with van der Waals surface area (Å²) in [5.74, 6) is 0.219. The minimum absolute atomic E-state index is 0.0213. The van der Waals surface area contributed by atoms with Crippen molar-refractivity contribution in [2.45, 2.75) is 45.2 Å². The Hall–Kier alpha value is -2.05. The monoisotopic (exact) mass is 436 g/mol. The fraction of sp³-hybridized carbons (Fsp3) is 0.364. The Balaban J connectivity index is 2.05. The highest BCUT2D eigenvalue weighted by Gasteiger charge is 2.26. The molecule has 0 aliphatic heterocycles. The quantitative estimate of drug-likeness (QED) is 0.622. The van der Waals surface area contributed by atoms with Crippen molar-refractivity contribution >= 4 is 35.2 Å². The molecule has 0 aliphatic carbocycles. The molecule has 4 nitrogen and oxygen atoms in total. The Morgan fingerprint density at radius 2 is 1.62 bits per heavy atom. The smallest absolute Gasteiger partial charge is 0.242 e. The second-order valence-corrected chi connectivity index (χ2v) is 8.53. The van der Waals surface area contributed by atoms with Gasteiger partial charge in [-0.3, -0.25) is 9.59 Å². The van der Waals surface area contributed by atoms with Gasteiger partial charge in [0.1, 0.15) is 11.9 Å². The molecular weight excluding hydrogens is 411 g/mol. The van der Waals surface area contributed by atoms with Crippen LogP contribution in [0.4, 0.5) is 4.39 Å². The van der Waals surface area contributed by atoms with Crippen molar-refractivity contribution in [1.29, 1.82) is 0 Å². The SMILES string of the molecule is CC(C)NC(=O)[C@@H](C)N(Cc1ccc(F)cc1)C(=O)CSCc1ccc(Cl)cc1. The van der Waals surface area contributed by atoms with E-state index in [1.54, 1.807) is 24.0 Å². The molecule has 0 saturated heterocycles. The number of hydrogen-bond donors (Lipinski definition) is 1. The second-order valence-electron chi connectivity index (χ2n) is 7.11. The lowest BCUT2D eigenvalue weighted by Gasteiger charge is -2.29. The van der Waals surface area contributed by atoms with Crippen LogP contribution in [0, 0.1) is 5.82 Å². The number of halogens is 2. The number of hydrogen-bond acceptors (Lipinski definition) is 3. The molecule has 0 aliphatic rings. The summed E-state index contributed by atoms with van der Waals surface area (Å²) in [6.45, 7) is 5.70. The normalized spacial score (nSPS) is 11.9. The molecule has 156 valence electrons. The highest BCUT2D eigenvalue weighted by molar-refractivity contribution is 7.99. The Labute approximate surface area is 180 Å². The summed E-state index contributed by atoms with van der Waals surface area (Å²) in [7, 11) is 0. The van der Waals surface area contributed by atoms with Gasteiger partial charge in [0.25, 0.3) is 0 Å². The number of nitrogens with one attached hydrogen (secondary N) is 1. The molecule has 2 amide bonds. The van der Waals surface area contributed by atoms with Crippen molar-refractivity contribution < 1.29 is 14.0 Å². The number of nitrogens with zero attached hydrogens (tertiary/aromatic N) is 1. The zero-order valence-corrected chi connectivity index (χ0v) is 18.4. The summed E-state index contributed by atoms with van der Waals surface area (Å²) in [5.41, 5.74) is 1.84. The van der Waals surface area contributed by atoms with Crippen LogP contribution in [0.3, 0.4) is 0 Å². The maximum absolute atomic E-state index is 13.2. The van der Waals surface area contributed by atoms with Crippen LogP contribution in [0.5, 0.6) is 0 Å². The number of amides is 2. The Morgan fingerprint density at radius 1 is 1.03 bits per heavy atom. The lowest BCUT2D eigenvalue weighted by atomic mass is 10.1. The predicted molar refractivity (Wildman–Crippen MR) is 117 cm³/mol. The van der Waals surface area contributed by atoms with Crippen molar-refractivity contribution in [2.24, 2.45) is 0 Å². The first kappa shape index (κ1) is 23.2. The van der Waals surface area contributed by atoms with Gasteiger partial charge in [-0.2, -0.15) is 0 Å². The lowest BCUT2D eigenvalue weighted by Crippen LogP contribution is -2.49. The van der Waals surface area contributed by atoms with Gasteiger partial charge in [-0.25, -0.2) is 4.39 Å². The van der Waals surface area contributed by atoms with Gasteiger partial charge in [0.2, 0.25) is 11.8 Å². The fourth-order valence-corrected chi connectivity index (χ4v) is 3.69. The van der Waals surface area contributed by atoms with E-state index in [1.165, 1.54) is 23.9 Å². The summed E-state index contributed by atoms with van der Waals surface area (Å²) >= 11 is 7.37. The van der Waals surface area contributed by atoms with Gasteiger partial charge in [-0.15, -0.1) is 11.8 Å². The number of carbonyl (C=O) groups excluding carboxylic acids is 2. The first-order valence-corrected chi connectivity index (χ1v) is 11.0. The molecular formula is C22H26ClFN2O2S. The van der Waals surface area contributed by atoms with Crippen LogP contribution in [0.2, 0.25) is 5.02 Å². The van der Waals surface area contributed by atoms with Crippen molar-refractivity contribution in [1.82, 2.24) is 10.2 Å². The van der Waals surface area contributed by atoms with Crippen LogP contribution in [0.1, 0.15) is 31.9 Å². The Morgan fingerprint density at radius 3 is 2.21 bits per heavy atom. The van der Waals surface area contributed by atoms with Crippen molar-refractivity contribution in [3.8, 4) is 0 Å². The summed E-state index contributed by atoms with van der Waals surface area (Å²) in [4.78, 5) is 26.9. The largest absolute Gasteiger partial charge is 0.352 e. The van der Waals surface area contributed by atoms with Crippen LogP contribution < -0.4 is 5.32 Å². The van der Waals surface area contributed by atoms with Gasteiger partial charge in [0.05, 0.1) is 5.75 Å². The van der Waals surface area contributed by atoms with E-state index in [0.717, 1.165) is 11.1 Å². The van der Waals surface area contributed by atoms with E-state index < -0.39 is 6.04 Å². The number of carbonyl (C=O) groups is 2. The lowest BCUT2D eigenvalue weighted by molar-refractivity contribution is -0.138. The molecule has 2 rings (SSSR count). The van der Waals surface area contributed by atoms with Gasteiger partial charge in [0, 0.05) is 23.4 Å². The molecule has 0 aromatic heterocycles. The molecule has 2 aromatic rings. The van der Waals surface area contributed by atoms with E-state index in [-0.39, 0.29) is 36.0 Å². The first-order chi connectivity index (χ1) is 13.8. The molecule has 29 heavy (non-hydrogen) atoms. The molecule has 0 heterocycles. The van der Waals surface area contributed by atoms with E-state index in [2.05, 4.69) is 5.32 Å². The molecule has 2 aromatic carbocycles. The maximum Gasteiger partial charge on any atom is 0.242 e. The standard InChI is InChI=1S/C22H26ClFN2O2S/c1-15(2)25-22(28)16(3)26(12-17-6-10-20(24)11-7-17)21(27)14-29-13-18-4-8-19(23)9-5-18/h4-11,15-16H,12-14H2,1-3H3,(H,25,28)/t16-/m1/s1. The summed E-state index contributed by atoms with van der Waals surface area (Å²) in [6.07, 6.45) is 0. The minimum atomic E-state index is -0.633. The molecule has 0 spiro atoms. The minimum Gasteiger partial charge on any atom is -0.352 e. The van der Waals surface area contributed by atoms with E-state index in [1.807, 2.05) is 38.1 Å². The maximum atomic E-state index is 13.2. The van der Waals surface area contributed by atoms with E-state index in [4.69, 9.17) is 11.6 Å². The van der Waals surface area contributed by atoms with Gasteiger partial charge < -0.3 is 10.2 Å². The molecule has 0 bridgehead atoms. The summed E-state index contributed by atoms with van der Waals surface area (Å²) in [6, 6.07) is 12.8. The molecule has 0 fully saturated rings. The van der Waals surface area contributed by atoms with E-state index >= 15 is 0 Å². The van der Waals surface area contributed by atoms with Crippen LogP contribution in [0.15, 0.2) is 48.5 Å². The van der Waals surface area contributed by atoms with Crippen molar-refractivity contribution in [3.63, 3.8) is 0 Å². The summed E-state index contributed by atoms with van der Waals surface area (Å²) in [5, 5.41) is 3.52. The third kappa shape index (κ3) is 7.71. The van der Waals surface area contributed by atoms with Gasteiger partial charge >= 0.3 is 0 Å². The first-order valence-electron chi connectivity index (χ1n) is 9.42. The Bertz CT molecular complexity index is 813. The van der Waals surface area contributed by atoms with Gasteiger partial charge in [-0.05, 0) is 56.2 Å². The Kier molecular flexibility index (Phi) is 8.99.